The van der Waals surface area contributed by atoms with E-state index in [0.29, 0.717) is 0 Å². The average Bonchev–Trinajstić information content (AvgIpc) is 2.33. The normalized spacial score (nSPS) is 9.61. The van der Waals surface area contributed by atoms with E-state index >= 15 is 0 Å². The Morgan fingerprint density at radius 1 is 1.11 bits per heavy atom. The minimum absolute atomic E-state index is 0. The van der Waals surface area contributed by atoms with E-state index in [1.165, 1.54) is 11.8 Å². The number of thiol groups is 1. The molecule has 18 heavy (non-hydrogen) atoms. The van der Waals surface area contributed by atoms with Crippen molar-refractivity contribution in [3.8, 4) is 0 Å². The van der Waals surface area contributed by atoms with E-state index in [4.69, 9.17) is 5.11 Å². The summed E-state index contributed by atoms with van der Waals surface area (Å²) in [6.07, 6.45) is 0. The van der Waals surface area contributed by atoms with Crippen LogP contribution < -0.4 is 0 Å². The van der Waals surface area contributed by atoms with Crippen LogP contribution in [-0.2, 0) is 19.5 Å². The third kappa shape index (κ3) is 3.87. The standard InChI is InChI=1S/C13H10O2S2.Zn/c14-13(15)9-6-7-11(16)12(8-9)17-10-4-2-1-3-5-10;/h1-8,16H,(H,14,15);. The van der Waals surface area contributed by atoms with Crippen LogP contribution >= 0.6 is 24.4 Å². The molecule has 2 nitrogen and oxygen atoms in total. The number of aromatic carboxylic acids is 1. The SMILES string of the molecule is O=C(O)c1ccc(S)c(Sc2ccccc2)c1.[Zn]. The molecule has 0 radical (unpaired) electrons. The predicted molar refractivity (Wildman–Crippen MR) is 71.2 cm³/mol. The quantitative estimate of drug-likeness (QED) is 0.664. The van der Waals surface area contributed by atoms with Gasteiger partial charge in [0.1, 0.15) is 0 Å². The zero-order valence-electron chi connectivity index (χ0n) is 9.54. The Balaban J connectivity index is 0.00000162. The summed E-state index contributed by atoms with van der Waals surface area (Å²) in [5.41, 5.74) is 0.279. The number of hydrogen-bond donors (Lipinski definition) is 2. The summed E-state index contributed by atoms with van der Waals surface area (Å²) in [6, 6.07) is 14.7. The number of carboxylic acid groups (broad SMARTS) is 1. The van der Waals surface area contributed by atoms with Gasteiger partial charge in [-0.25, -0.2) is 4.79 Å². The molecule has 0 saturated carbocycles. The molecule has 2 aromatic carbocycles. The molecule has 2 rings (SSSR count). The van der Waals surface area contributed by atoms with Gasteiger partial charge in [0, 0.05) is 34.2 Å². The van der Waals surface area contributed by atoms with Gasteiger partial charge in [0.25, 0.3) is 0 Å². The second-order valence-electron chi connectivity index (χ2n) is 3.40. The summed E-state index contributed by atoms with van der Waals surface area (Å²) in [5.74, 6) is -0.923. The van der Waals surface area contributed by atoms with E-state index in [1.807, 2.05) is 30.3 Å². The topological polar surface area (TPSA) is 37.3 Å². The molecular weight excluding hydrogens is 318 g/mol. The van der Waals surface area contributed by atoms with Crippen LogP contribution in [0, 0.1) is 0 Å². The molecule has 0 aromatic heterocycles. The summed E-state index contributed by atoms with van der Waals surface area (Å²) >= 11 is 5.84. The molecule has 0 atom stereocenters. The maximum Gasteiger partial charge on any atom is 0.335 e. The first-order valence-corrected chi connectivity index (χ1v) is 6.22. The van der Waals surface area contributed by atoms with Crippen molar-refractivity contribution in [2.75, 3.05) is 0 Å². The first-order chi connectivity index (χ1) is 8.16. The minimum Gasteiger partial charge on any atom is -0.478 e. The smallest absolute Gasteiger partial charge is 0.335 e. The van der Waals surface area contributed by atoms with Gasteiger partial charge in [0.15, 0.2) is 0 Å². The van der Waals surface area contributed by atoms with Crippen molar-refractivity contribution in [1.29, 1.82) is 0 Å². The monoisotopic (exact) mass is 326 g/mol. The van der Waals surface area contributed by atoms with Crippen molar-refractivity contribution < 1.29 is 29.4 Å². The van der Waals surface area contributed by atoms with Crippen molar-refractivity contribution in [2.45, 2.75) is 14.7 Å². The summed E-state index contributed by atoms with van der Waals surface area (Å²) in [4.78, 5) is 13.6. The first-order valence-electron chi connectivity index (χ1n) is 4.96. The number of rotatable bonds is 3. The molecule has 0 fully saturated rings. The number of hydrogen-bond acceptors (Lipinski definition) is 3. The van der Waals surface area contributed by atoms with E-state index in [2.05, 4.69) is 12.6 Å². The zero-order chi connectivity index (χ0) is 12.3. The Labute approximate surface area is 128 Å². The Hall–Kier alpha value is -0.767. The second kappa shape index (κ2) is 6.98. The van der Waals surface area contributed by atoms with Crippen LogP contribution in [-0.4, -0.2) is 11.1 Å². The molecule has 0 aliphatic carbocycles. The molecule has 0 saturated heterocycles. The Morgan fingerprint density at radius 3 is 2.39 bits per heavy atom. The molecule has 88 valence electrons. The van der Waals surface area contributed by atoms with Crippen LogP contribution in [0.5, 0.6) is 0 Å². The fourth-order valence-electron chi connectivity index (χ4n) is 1.34. The Morgan fingerprint density at radius 2 is 1.78 bits per heavy atom. The van der Waals surface area contributed by atoms with Crippen LogP contribution in [0.1, 0.15) is 10.4 Å². The van der Waals surface area contributed by atoms with Gasteiger partial charge in [0.2, 0.25) is 0 Å². The summed E-state index contributed by atoms with van der Waals surface area (Å²) < 4.78 is 0. The first kappa shape index (κ1) is 15.3. The molecule has 0 aliphatic heterocycles. The van der Waals surface area contributed by atoms with Gasteiger partial charge in [-0.2, -0.15) is 0 Å². The van der Waals surface area contributed by atoms with E-state index in [-0.39, 0.29) is 25.0 Å². The van der Waals surface area contributed by atoms with Gasteiger partial charge in [-0.1, -0.05) is 30.0 Å². The van der Waals surface area contributed by atoms with Crippen LogP contribution in [0.2, 0.25) is 0 Å². The van der Waals surface area contributed by atoms with Crippen molar-refractivity contribution in [3.05, 3.63) is 54.1 Å². The van der Waals surface area contributed by atoms with Gasteiger partial charge in [-0.3, -0.25) is 0 Å². The van der Waals surface area contributed by atoms with Gasteiger partial charge >= 0.3 is 5.97 Å². The molecule has 0 bridgehead atoms. The third-order valence-electron chi connectivity index (χ3n) is 2.18. The Kier molecular flexibility index (Phi) is 5.93. The van der Waals surface area contributed by atoms with E-state index < -0.39 is 5.97 Å². The van der Waals surface area contributed by atoms with Gasteiger partial charge in [-0.05, 0) is 30.3 Å². The second-order valence-corrected chi connectivity index (χ2v) is 5.00. The molecule has 0 aliphatic rings. The van der Waals surface area contributed by atoms with E-state index in [0.717, 1.165) is 14.7 Å². The molecule has 0 unspecified atom stereocenters. The number of carbonyl (C=O) groups is 1. The predicted octanol–water partition coefficient (Wildman–Crippen LogP) is 3.82. The summed E-state index contributed by atoms with van der Waals surface area (Å²) in [5, 5.41) is 8.93. The average molecular weight is 328 g/mol. The number of carboxylic acids is 1. The Bertz CT molecular complexity index is 544. The van der Waals surface area contributed by atoms with Gasteiger partial charge < -0.3 is 5.11 Å². The van der Waals surface area contributed by atoms with Crippen molar-refractivity contribution >= 4 is 30.4 Å². The minimum atomic E-state index is -0.923. The summed E-state index contributed by atoms with van der Waals surface area (Å²) in [7, 11) is 0. The zero-order valence-corrected chi connectivity index (χ0v) is 14.2. The number of benzene rings is 2. The fraction of sp³-hybridized carbons (Fsp3) is 0. The molecule has 0 heterocycles. The van der Waals surface area contributed by atoms with Crippen LogP contribution in [0.15, 0.2) is 63.2 Å². The third-order valence-corrected chi connectivity index (χ3v) is 3.78. The van der Waals surface area contributed by atoms with Gasteiger partial charge in [0.05, 0.1) is 5.56 Å². The van der Waals surface area contributed by atoms with E-state index in [1.54, 1.807) is 18.2 Å². The molecule has 0 spiro atoms. The van der Waals surface area contributed by atoms with Gasteiger partial charge in [-0.15, -0.1) is 12.6 Å². The summed E-state index contributed by atoms with van der Waals surface area (Å²) in [6.45, 7) is 0. The molecular formula is C13H10O2S2Zn. The van der Waals surface area contributed by atoms with Crippen molar-refractivity contribution in [3.63, 3.8) is 0 Å². The van der Waals surface area contributed by atoms with Crippen LogP contribution in [0.25, 0.3) is 0 Å². The molecule has 2 aromatic rings. The maximum absolute atomic E-state index is 10.9. The van der Waals surface area contributed by atoms with Crippen molar-refractivity contribution in [2.24, 2.45) is 0 Å². The molecule has 0 amide bonds. The largest absolute Gasteiger partial charge is 0.478 e. The van der Waals surface area contributed by atoms with Crippen molar-refractivity contribution in [1.82, 2.24) is 0 Å². The molecule has 5 heteroatoms. The van der Waals surface area contributed by atoms with Crippen LogP contribution in [0.4, 0.5) is 0 Å². The van der Waals surface area contributed by atoms with Crippen LogP contribution in [0.3, 0.4) is 0 Å². The fourth-order valence-corrected chi connectivity index (χ4v) is 2.53. The maximum atomic E-state index is 10.9. The van der Waals surface area contributed by atoms with E-state index in [9.17, 15) is 4.79 Å². The molecule has 1 N–H and O–H groups in total.